The molecule has 1 unspecified atom stereocenters. The van der Waals surface area contributed by atoms with Crippen LogP contribution < -0.4 is 5.32 Å². The smallest absolute Gasteiger partial charge is 0.0701 e. The summed E-state index contributed by atoms with van der Waals surface area (Å²) in [5.41, 5.74) is 0. The van der Waals surface area contributed by atoms with Crippen molar-refractivity contribution in [3.63, 3.8) is 0 Å². The van der Waals surface area contributed by atoms with Crippen LogP contribution in [0.2, 0.25) is 0 Å². The molecule has 0 aromatic rings. The summed E-state index contributed by atoms with van der Waals surface area (Å²) in [6, 6.07) is 0.539. The van der Waals surface area contributed by atoms with E-state index in [0.29, 0.717) is 19.3 Å². The van der Waals surface area contributed by atoms with Crippen LogP contribution in [-0.4, -0.2) is 39.5 Å². The summed E-state index contributed by atoms with van der Waals surface area (Å²) >= 11 is 0. The summed E-state index contributed by atoms with van der Waals surface area (Å²) in [5.74, 6) is 0.945. The molecule has 0 heterocycles. The van der Waals surface area contributed by atoms with Crippen LogP contribution in [0.15, 0.2) is 0 Å². The highest BCUT2D eigenvalue weighted by atomic mass is 16.5. The van der Waals surface area contributed by atoms with E-state index in [1.807, 2.05) is 0 Å². The van der Waals surface area contributed by atoms with Gasteiger partial charge in [0.2, 0.25) is 0 Å². The van der Waals surface area contributed by atoms with Crippen molar-refractivity contribution in [3.05, 3.63) is 0 Å². The van der Waals surface area contributed by atoms with Crippen molar-refractivity contribution in [1.82, 2.24) is 5.32 Å². The van der Waals surface area contributed by atoms with Crippen molar-refractivity contribution in [3.8, 4) is 0 Å². The molecule has 3 nitrogen and oxygen atoms in total. The molecule has 1 saturated carbocycles. The van der Waals surface area contributed by atoms with Gasteiger partial charge < -0.3 is 14.8 Å². The fourth-order valence-corrected chi connectivity index (χ4v) is 2.00. The van der Waals surface area contributed by atoms with E-state index in [0.717, 1.165) is 19.1 Å². The lowest BCUT2D eigenvalue weighted by Gasteiger charge is -2.30. The normalized spacial score (nSPS) is 18.8. The van der Waals surface area contributed by atoms with Gasteiger partial charge in [-0.1, -0.05) is 26.2 Å². The largest absolute Gasteiger partial charge is 0.382 e. The summed E-state index contributed by atoms with van der Waals surface area (Å²) in [7, 11) is 1.71. The van der Waals surface area contributed by atoms with Crippen molar-refractivity contribution in [1.29, 1.82) is 0 Å². The van der Waals surface area contributed by atoms with Gasteiger partial charge in [0.25, 0.3) is 0 Å². The third-order valence-electron chi connectivity index (χ3n) is 3.09. The zero-order valence-electron chi connectivity index (χ0n) is 10.1. The van der Waals surface area contributed by atoms with Gasteiger partial charge in [0, 0.05) is 13.2 Å². The van der Waals surface area contributed by atoms with Gasteiger partial charge in [0.1, 0.15) is 0 Å². The van der Waals surface area contributed by atoms with Gasteiger partial charge in [-0.2, -0.15) is 0 Å². The first kappa shape index (κ1) is 12.9. The van der Waals surface area contributed by atoms with Gasteiger partial charge in [-0.3, -0.25) is 0 Å². The van der Waals surface area contributed by atoms with Gasteiger partial charge in [-0.05, 0) is 18.9 Å². The number of likely N-dealkylation sites (N-methyl/N-ethyl adjacent to an activating group) is 1. The molecule has 1 rings (SSSR count). The van der Waals surface area contributed by atoms with Crippen LogP contribution in [0.1, 0.15) is 32.6 Å². The summed E-state index contributed by atoms with van der Waals surface area (Å²) in [6.07, 6.45) is 5.54. The number of ether oxygens (including phenoxy) is 2. The molecular formula is C12H25NO2. The molecule has 0 bridgehead atoms. The fourth-order valence-electron chi connectivity index (χ4n) is 2.00. The maximum absolute atomic E-state index is 5.57. The quantitative estimate of drug-likeness (QED) is 0.595. The van der Waals surface area contributed by atoms with E-state index in [4.69, 9.17) is 9.47 Å². The molecule has 0 radical (unpaired) electrons. The van der Waals surface area contributed by atoms with Gasteiger partial charge in [0.05, 0.1) is 19.8 Å². The molecule has 90 valence electrons. The molecule has 0 saturated heterocycles. The molecule has 1 aliphatic rings. The minimum absolute atomic E-state index is 0.539. The number of rotatable bonds is 9. The van der Waals surface area contributed by atoms with Crippen molar-refractivity contribution in [2.24, 2.45) is 5.92 Å². The first-order valence-electron chi connectivity index (χ1n) is 6.16. The zero-order valence-corrected chi connectivity index (χ0v) is 10.1. The third-order valence-corrected chi connectivity index (χ3v) is 3.09. The Morgan fingerprint density at radius 2 is 2.13 bits per heavy atom. The Labute approximate surface area is 93.5 Å². The van der Waals surface area contributed by atoms with E-state index in [-0.39, 0.29) is 0 Å². The summed E-state index contributed by atoms with van der Waals surface area (Å²) in [4.78, 5) is 0. The van der Waals surface area contributed by atoms with E-state index < -0.39 is 0 Å². The van der Waals surface area contributed by atoms with Gasteiger partial charge in [-0.15, -0.1) is 0 Å². The van der Waals surface area contributed by atoms with E-state index in [9.17, 15) is 0 Å². The summed E-state index contributed by atoms with van der Waals surface area (Å²) in [5, 5.41) is 3.49. The van der Waals surface area contributed by atoms with E-state index in [1.165, 1.54) is 25.7 Å². The van der Waals surface area contributed by atoms with Crippen LogP contribution in [0.5, 0.6) is 0 Å². The Balaban J connectivity index is 2.05. The molecule has 1 aliphatic carbocycles. The molecule has 0 spiro atoms. The van der Waals surface area contributed by atoms with Crippen molar-refractivity contribution < 1.29 is 9.47 Å². The average Bonchev–Trinajstić information content (AvgIpc) is 2.18. The second kappa shape index (κ2) is 8.08. The third kappa shape index (κ3) is 5.50. The van der Waals surface area contributed by atoms with Crippen LogP contribution in [0.3, 0.4) is 0 Å². The molecular weight excluding hydrogens is 190 g/mol. The lowest BCUT2D eigenvalue weighted by molar-refractivity contribution is 0.0525. The van der Waals surface area contributed by atoms with E-state index >= 15 is 0 Å². The van der Waals surface area contributed by atoms with E-state index in [1.54, 1.807) is 7.11 Å². The maximum Gasteiger partial charge on any atom is 0.0701 e. The zero-order chi connectivity index (χ0) is 10.9. The molecule has 0 amide bonds. The Morgan fingerprint density at radius 3 is 2.67 bits per heavy atom. The van der Waals surface area contributed by atoms with Gasteiger partial charge in [0.15, 0.2) is 0 Å². The Morgan fingerprint density at radius 1 is 1.33 bits per heavy atom. The Bertz CT molecular complexity index is 149. The predicted octanol–water partition coefficient (Wildman–Crippen LogP) is 1.82. The lowest BCUT2D eigenvalue weighted by atomic mass is 9.81. The topological polar surface area (TPSA) is 30.5 Å². The number of nitrogens with one attached hydrogen (secondary N) is 1. The monoisotopic (exact) mass is 215 g/mol. The number of hydrogen-bond acceptors (Lipinski definition) is 3. The van der Waals surface area contributed by atoms with Gasteiger partial charge in [-0.25, -0.2) is 0 Å². The standard InChI is InChI=1S/C12H25NO2/c1-3-13-12(9-11-5-4-6-11)10-15-8-7-14-2/h11-13H,3-10H2,1-2H3. The highest BCUT2D eigenvalue weighted by molar-refractivity contribution is 4.76. The molecule has 15 heavy (non-hydrogen) atoms. The van der Waals surface area contributed by atoms with E-state index in [2.05, 4.69) is 12.2 Å². The van der Waals surface area contributed by atoms with Crippen LogP contribution in [-0.2, 0) is 9.47 Å². The summed E-state index contributed by atoms with van der Waals surface area (Å²) in [6.45, 7) is 5.42. The first-order chi connectivity index (χ1) is 7.36. The van der Waals surface area contributed by atoms with Crippen molar-refractivity contribution >= 4 is 0 Å². The van der Waals surface area contributed by atoms with Gasteiger partial charge >= 0.3 is 0 Å². The number of hydrogen-bond donors (Lipinski definition) is 1. The maximum atomic E-state index is 5.57. The SMILES string of the molecule is CCNC(COCCOC)CC1CCC1. The molecule has 1 fully saturated rings. The minimum atomic E-state index is 0.539. The van der Waals surface area contributed by atoms with Crippen LogP contribution in [0.4, 0.5) is 0 Å². The predicted molar refractivity (Wildman–Crippen MR) is 62.1 cm³/mol. The lowest BCUT2D eigenvalue weighted by Crippen LogP contribution is -2.36. The Kier molecular flexibility index (Phi) is 6.98. The second-order valence-corrected chi connectivity index (χ2v) is 4.35. The van der Waals surface area contributed by atoms with Crippen LogP contribution >= 0.6 is 0 Å². The molecule has 3 heteroatoms. The minimum Gasteiger partial charge on any atom is -0.382 e. The highest BCUT2D eigenvalue weighted by Gasteiger charge is 2.21. The molecule has 1 N–H and O–H groups in total. The molecule has 0 aromatic carbocycles. The first-order valence-corrected chi connectivity index (χ1v) is 6.16. The highest BCUT2D eigenvalue weighted by Crippen LogP contribution is 2.30. The molecule has 0 aliphatic heterocycles. The average molecular weight is 215 g/mol. The van der Waals surface area contributed by atoms with Crippen molar-refractivity contribution in [2.75, 3.05) is 33.5 Å². The van der Waals surface area contributed by atoms with Crippen LogP contribution in [0.25, 0.3) is 0 Å². The Hall–Kier alpha value is -0.120. The molecule has 0 aromatic heterocycles. The summed E-state index contributed by atoms with van der Waals surface area (Å²) < 4.78 is 10.5. The fraction of sp³-hybridized carbons (Fsp3) is 1.00. The number of methoxy groups -OCH3 is 1. The second-order valence-electron chi connectivity index (χ2n) is 4.35. The van der Waals surface area contributed by atoms with Crippen molar-refractivity contribution in [2.45, 2.75) is 38.6 Å². The molecule has 1 atom stereocenters. The van der Waals surface area contributed by atoms with Crippen LogP contribution in [0, 0.1) is 5.92 Å².